The SMILES string of the molecule is CCCCCCCCC1CC(C)(C)C=CC1=O. The van der Waals surface area contributed by atoms with Crippen molar-refractivity contribution in [3.63, 3.8) is 0 Å². The number of unbranched alkanes of at least 4 members (excludes halogenated alkanes) is 5. The minimum absolute atomic E-state index is 0.223. The zero-order valence-corrected chi connectivity index (χ0v) is 11.8. The molecule has 1 aliphatic carbocycles. The highest BCUT2D eigenvalue weighted by Gasteiger charge is 2.28. The van der Waals surface area contributed by atoms with Crippen molar-refractivity contribution in [1.29, 1.82) is 0 Å². The second kappa shape index (κ2) is 6.98. The molecular weight excluding hydrogens is 208 g/mol. The van der Waals surface area contributed by atoms with Crippen LogP contribution in [0.5, 0.6) is 0 Å². The van der Waals surface area contributed by atoms with Gasteiger partial charge in [0, 0.05) is 5.92 Å². The van der Waals surface area contributed by atoms with Gasteiger partial charge in [0.2, 0.25) is 0 Å². The van der Waals surface area contributed by atoms with Crippen LogP contribution in [-0.2, 0) is 4.79 Å². The van der Waals surface area contributed by atoms with Gasteiger partial charge in [-0.05, 0) is 24.3 Å². The summed E-state index contributed by atoms with van der Waals surface area (Å²) >= 11 is 0. The molecule has 1 atom stereocenters. The second-order valence-electron chi connectivity index (χ2n) is 6.18. The third kappa shape index (κ3) is 5.52. The van der Waals surface area contributed by atoms with Crippen LogP contribution in [0, 0.1) is 11.3 Å². The Morgan fingerprint density at radius 2 is 1.82 bits per heavy atom. The minimum atomic E-state index is 0.223. The van der Waals surface area contributed by atoms with E-state index in [1.54, 1.807) is 0 Å². The third-order valence-corrected chi connectivity index (χ3v) is 3.78. The maximum absolute atomic E-state index is 11.8. The van der Waals surface area contributed by atoms with Gasteiger partial charge in [-0.2, -0.15) is 0 Å². The summed E-state index contributed by atoms with van der Waals surface area (Å²) < 4.78 is 0. The van der Waals surface area contributed by atoms with Crippen LogP contribution in [0.4, 0.5) is 0 Å². The molecule has 0 fully saturated rings. The summed E-state index contributed by atoms with van der Waals surface area (Å²) in [6.07, 6.45) is 13.9. The fraction of sp³-hybridized carbons (Fsp3) is 0.812. The van der Waals surface area contributed by atoms with Crippen LogP contribution in [0.25, 0.3) is 0 Å². The van der Waals surface area contributed by atoms with Gasteiger partial charge in [-0.1, -0.05) is 65.4 Å². The van der Waals surface area contributed by atoms with Crippen LogP contribution in [0.15, 0.2) is 12.2 Å². The molecule has 0 aromatic carbocycles. The molecule has 17 heavy (non-hydrogen) atoms. The summed E-state index contributed by atoms with van der Waals surface area (Å²) in [7, 11) is 0. The summed E-state index contributed by atoms with van der Waals surface area (Å²) in [4.78, 5) is 11.8. The van der Waals surface area contributed by atoms with Gasteiger partial charge in [0.15, 0.2) is 5.78 Å². The van der Waals surface area contributed by atoms with E-state index in [0.29, 0.717) is 11.7 Å². The van der Waals surface area contributed by atoms with Gasteiger partial charge in [0.25, 0.3) is 0 Å². The molecule has 0 saturated carbocycles. The normalized spacial score (nSPS) is 23.0. The molecule has 1 heteroatoms. The highest BCUT2D eigenvalue weighted by atomic mass is 16.1. The molecule has 1 aliphatic rings. The van der Waals surface area contributed by atoms with E-state index >= 15 is 0 Å². The summed E-state index contributed by atoms with van der Waals surface area (Å²) in [5, 5.41) is 0. The van der Waals surface area contributed by atoms with Crippen LogP contribution >= 0.6 is 0 Å². The number of hydrogen-bond donors (Lipinski definition) is 0. The lowest BCUT2D eigenvalue weighted by atomic mass is 9.75. The number of rotatable bonds is 7. The quantitative estimate of drug-likeness (QED) is 0.574. The zero-order chi connectivity index (χ0) is 12.7. The van der Waals surface area contributed by atoms with Gasteiger partial charge >= 0.3 is 0 Å². The maximum atomic E-state index is 11.8. The van der Waals surface area contributed by atoms with Crippen molar-refractivity contribution < 1.29 is 4.79 Å². The first kappa shape index (κ1) is 14.5. The number of allylic oxidation sites excluding steroid dienone is 2. The zero-order valence-electron chi connectivity index (χ0n) is 11.8. The van der Waals surface area contributed by atoms with E-state index < -0.39 is 0 Å². The molecule has 0 radical (unpaired) electrons. The van der Waals surface area contributed by atoms with Crippen LogP contribution in [-0.4, -0.2) is 5.78 Å². The summed E-state index contributed by atoms with van der Waals surface area (Å²) in [5.41, 5.74) is 0.223. The van der Waals surface area contributed by atoms with Gasteiger partial charge < -0.3 is 0 Å². The molecule has 1 nitrogen and oxygen atoms in total. The van der Waals surface area contributed by atoms with E-state index in [2.05, 4.69) is 26.8 Å². The van der Waals surface area contributed by atoms with Gasteiger partial charge in [0.05, 0.1) is 0 Å². The van der Waals surface area contributed by atoms with Crippen LogP contribution in [0.3, 0.4) is 0 Å². The highest BCUT2D eigenvalue weighted by Crippen LogP contribution is 2.34. The van der Waals surface area contributed by atoms with Crippen molar-refractivity contribution >= 4 is 5.78 Å². The molecule has 0 bridgehead atoms. The fourth-order valence-electron chi connectivity index (χ4n) is 2.66. The van der Waals surface area contributed by atoms with Crippen LogP contribution < -0.4 is 0 Å². The predicted molar refractivity (Wildman–Crippen MR) is 74.0 cm³/mol. The maximum Gasteiger partial charge on any atom is 0.158 e. The van der Waals surface area contributed by atoms with Crippen molar-refractivity contribution in [2.75, 3.05) is 0 Å². The van der Waals surface area contributed by atoms with Gasteiger partial charge in [-0.3, -0.25) is 4.79 Å². The van der Waals surface area contributed by atoms with E-state index in [-0.39, 0.29) is 5.41 Å². The Hall–Kier alpha value is -0.590. The van der Waals surface area contributed by atoms with E-state index in [4.69, 9.17) is 0 Å². The summed E-state index contributed by atoms with van der Waals surface area (Å²) in [5.74, 6) is 0.652. The first-order valence-electron chi connectivity index (χ1n) is 7.28. The van der Waals surface area contributed by atoms with E-state index in [1.165, 1.54) is 38.5 Å². The lowest BCUT2D eigenvalue weighted by Gasteiger charge is -2.29. The lowest BCUT2D eigenvalue weighted by Crippen LogP contribution is -2.25. The van der Waals surface area contributed by atoms with Gasteiger partial charge in [-0.15, -0.1) is 0 Å². The molecule has 98 valence electrons. The largest absolute Gasteiger partial charge is 0.295 e. The monoisotopic (exact) mass is 236 g/mol. The fourth-order valence-corrected chi connectivity index (χ4v) is 2.66. The van der Waals surface area contributed by atoms with Crippen LogP contribution in [0.1, 0.15) is 72.1 Å². The van der Waals surface area contributed by atoms with E-state index in [9.17, 15) is 4.79 Å². The Morgan fingerprint density at radius 1 is 1.18 bits per heavy atom. The molecule has 0 spiro atoms. The minimum Gasteiger partial charge on any atom is -0.295 e. The lowest BCUT2D eigenvalue weighted by molar-refractivity contribution is -0.119. The number of ketones is 1. The second-order valence-corrected chi connectivity index (χ2v) is 6.18. The number of hydrogen-bond acceptors (Lipinski definition) is 1. The smallest absolute Gasteiger partial charge is 0.158 e. The summed E-state index contributed by atoms with van der Waals surface area (Å²) in [6.45, 7) is 6.70. The Labute approximate surface area is 107 Å². The van der Waals surface area contributed by atoms with Gasteiger partial charge in [0.1, 0.15) is 0 Å². The molecule has 0 N–H and O–H groups in total. The molecule has 0 aliphatic heterocycles. The van der Waals surface area contributed by atoms with E-state index in [0.717, 1.165) is 12.8 Å². The van der Waals surface area contributed by atoms with Crippen molar-refractivity contribution in [2.24, 2.45) is 11.3 Å². The number of carbonyl (C=O) groups is 1. The third-order valence-electron chi connectivity index (χ3n) is 3.78. The molecule has 0 aromatic heterocycles. The van der Waals surface area contributed by atoms with Crippen molar-refractivity contribution in [3.8, 4) is 0 Å². The number of carbonyl (C=O) groups excluding carboxylic acids is 1. The van der Waals surface area contributed by atoms with Crippen molar-refractivity contribution in [1.82, 2.24) is 0 Å². The standard InChI is InChI=1S/C16H28O/c1-4-5-6-7-8-9-10-14-13-16(2,3)12-11-15(14)17/h11-12,14H,4-10,13H2,1-3H3. The predicted octanol–water partition coefficient (Wildman–Crippen LogP) is 4.91. The molecule has 0 amide bonds. The molecule has 0 aromatic rings. The molecule has 0 saturated heterocycles. The van der Waals surface area contributed by atoms with Crippen LogP contribution in [0.2, 0.25) is 0 Å². The summed E-state index contributed by atoms with van der Waals surface area (Å²) in [6, 6.07) is 0. The highest BCUT2D eigenvalue weighted by molar-refractivity contribution is 5.92. The Bertz CT molecular complexity index is 263. The molecule has 1 unspecified atom stereocenters. The average molecular weight is 236 g/mol. The first-order valence-corrected chi connectivity index (χ1v) is 7.28. The first-order chi connectivity index (χ1) is 8.05. The Morgan fingerprint density at radius 3 is 2.53 bits per heavy atom. The van der Waals surface area contributed by atoms with Crippen molar-refractivity contribution in [2.45, 2.75) is 72.1 Å². The van der Waals surface area contributed by atoms with Crippen molar-refractivity contribution in [3.05, 3.63) is 12.2 Å². The Balaban J connectivity index is 2.19. The van der Waals surface area contributed by atoms with E-state index in [1.807, 2.05) is 6.08 Å². The average Bonchev–Trinajstić information content (AvgIpc) is 2.28. The topological polar surface area (TPSA) is 17.1 Å². The molecular formula is C16H28O. The Kier molecular flexibility index (Phi) is 5.94. The van der Waals surface area contributed by atoms with Gasteiger partial charge in [-0.25, -0.2) is 0 Å². The molecule has 1 rings (SSSR count). The molecule has 0 heterocycles.